The van der Waals surface area contributed by atoms with Crippen molar-refractivity contribution < 1.29 is 9.18 Å². The van der Waals surface area contributed by atoms with E-state index in [9.17, 15) is 9.18 Å². The van der Waals surface area contributed by atoms with E-state index in [1.54, 1.807) is 18.3 Å². The molecule has 1 aromatic carbocycles. The number of hydrogen-bond donors (Lipinski definition) is 2. The lowest BCUT2D eigenvalue weighted by molar-refractivity contribution is 0.0780. The summed E-state index contributed by atoms with van der Waals surface area (Å²) in [5.74, 6) is 0.609. The highest BCUT2D eigenvalue weighted by atomic mass is 35.5. The Morgan fingerprint density at radius 2 is 2.00 bits per heavy atom. The molecule has 128 valence electrons. The summed E-state index contributed by atoms with van der Waals surface area (Å²) < 4.78 is 13.1. The van der Waals surface area contributed by atoms with Crippen molar-refractivity contribution in [1.82, 2.24) is 15.1 Å². The summed E-state index contributed by atoms with van der Waals surface area (Å²) in [6.07, 6.45) is 3.71. The zero-order valence-corrected chi connectivity index (χ0v) is 13.9. The highest BCUT2D eigenvalue weighted by molar-refractivity contribution is 5.99. The van der Waals surface area contributed by atoms with E-state index in [1.807, 2.05) is 4.90 Å². The molecule has 2 aromatic rings. The van der Waals surface area contributed by atoms with Gasteiger partial charge in [-0.25, -0.2) is 4.39 Å². The number of carbonyl (C=O) groups excluding carboxylic acids is 1. The molecule has 1 aromatic heterocycles. The number of nitrogens with zero attached hydrogens (tertiary/aromatic N) is 2. The number of hydrogen-bond acceptors (Lipinski definition) is 3. The van der Waals surface area contributed by atoms with Crippen LogP contribution in [0.1, 0.15) is 23.2 Å². The molecule has 1 amide bonds. The van der Waals surface area contributed by atoms with Crippen LogP contribution in [0.4, 0.5) is 4.39 Å². The molecule has 3 atom stereocenters. The Hall–Kier alpha value is -1.92. The third kappa shape index (κ3) is 2.80. The van der Waals surface area contributed by atoms with E-state index in [4.69, 9.17) is 5.73 Å². The second-order valence-corrected chi connectivity index (χ2v) is 6.54. The quantitative estimate of drug-likeness (QED) is 0.873. The molecule has 3 N–H and O–H groups in total. The van der Waals surface area contributed by atoms with E-state index in [1.165, 1.54) is 12.1 Å². The highest BCUT2D eigenvalue weighted by Gasteiger charge is 2.43. The van der Waals surface area contributed by atoms with E-state index in [0.29, 0.717) is 23.1 Å². The number of amides is 1. The first-order valence-corrected chi connectivity index (χ1v) is 7.97. The molecule has 1 aliphatic carbocycles. The summed E-state index contributed by atoms with van der Waals surface area (Å²) >= 11 is 0. The molecular weight excluding hydrogens is 331 g/mol. The van der Waals surface area contributed by atoms with Crippen molar-refractivity contribution in [1.29, 1.82) is 0 Å². The maximum Gasteiger partial charge on any atom is 0.257 e. The van der Waals surface area contributed by atoms with Gasteiger partial charge >= 0.3 is 0 Å². The van der Waals surface area contributed by atoms with Gasteiger partial charge in [0, 0.05) is 24.7 Å². The first kappa shape index (κ1) is 16.9. The Balaban J connectivity index is 0.00000169. The summed E-state index contributed by atoms with van der Waals surface area (Å²) in [6, 6.07) is 6.26. The summed E-state index contributed by atoms with van der Waals surface area (Å²) in [5.41, 5.74) is 8.07. The maximum absolute atomic E-state index is 13.1. The lowest BCUT2D eigenvalue weighted by Crippen LogP contribution is -2.33. The smallest absolute Gasteiger partial charge is 0.257 e. The molecule has 2 aliphatic rings. The molecule has 1 saturated carbocycles. The number of halogens is 2. The summed E-state index contributed by atoms with van der Waals surface area (Å²) in [6.45, 7) is 1.49. The molecule has 2 fully saturated rings. The van der Waals surface area contributed by atoms with Gasteiger partial charge in [0.2, 0.25) is 0 Å². The van der Waals surface area contributed by atoms with Crippen LogP contribution in [0.5, 0.6) is 0 Å². The second-order valence-electron chi connectivity index (χ2n) is 6.54. The van der Waals surface area contributed by atoms with Crippen molar-refractivity contribution in [3.8, 4) is 11.3 Å². The van der Waals surface area contributed by atoms with Crippen LogP contribution in [0.25, 0.3) is 11.3 Å². The van der Waals surface area contributed by atoms with Gasteiger partial charge in [0.05, 0.1) is 17.5 Å². The van der Waals surface area contributed by atoms with Gasteiger partial charge in [-0.15, -0.1) is 12.4 Å². The van der Waals surface area contributed by atoms with Crippen LogP contribution in [0.15, 0.2) is 30.5 Å². The summed E-state index contributed by atoms with van der Waals surface area (Å²) in [4.78, 5) is 14.7. The molecule has 7 heteroatoms. The minimum Gasteiger partial charge on any atom is -0.338 e. The molecule has 5 nitrogen and oxygen atoms in total. The Bertz CT molecular complexity index is 732. The molecule has 0 bridgehead atoms. The van der Waals surface area contributed by atoms with Gasteiger partial charge in [-0.05, 0) is 48.9 Å². The summed E-state index contributed by atoms with van der Waals surface area (Å²) in [7, 11) is 0. The molecule has 3 unspecified atom stereocenters. The Morgan fingerprint density at radius 3 is 2.71 bits per heavy atom. The van der Waals surface area contributed by atoms with E-state index < -0.39 is 0 Å². The second kappa shape index (κ2) is 6.53. The minimum absolute atomic E-state index is 0. The van der Waals surface area contributed by atoms with Crippen molar-refractivity contribution in [3.05, 3.63) is 41.8 Å². The van der Waals surface area contributed by atoms with Crippen LogP contribution in [-0.4, -0.2) is 40.1 Å². The van der Waals surface area contributed by atoms with Crippen LogP contribution >= 0.6 is 12.4 Å². The predicted molar refractivity (Wildman–Crippen MR) is 91.3 cm³/mol. The maximum atomic E-state index is 13.1. The van der Waals surface area contributed by atoms with Crippen molar-refractivity contribution in [2.75, 3.05) is 13.1 Å². The number of carbonyl (C=O) groups is 1. The van der Waals surface area contributed by atoms with Crippen LogP contribution in [0, 0.1) is 17.7 Å². The number of fused-ring (bicyclic) bond motifs is 1. The SMILES string of the molecule is Cl.NC1CCC2CN(C(=O)c3cn[nH]c3-c3ccc(F)cc3)CC12. The zero-order valence-electron chi connectivity index (χ0n) is 13.1. The lowest BCUT2D eigenvalue weighted by atomic mass is 9.98. The number of aromatic amines is 1. The predicted octanol–water partition coefficient (Wildman–Crippen LogP) is 2.45. The normalized spacial score (nSPS) is 25.4. The van der Waals surface area contributed by atoms with E-state index in [0.717, 1.165) is 31.5 Å². The molecule has 0 spiro atoms. The average molecular weight is 351 g/mol. The van der Waals surface area contributed by atoms with Gasteiger partial charge in [0.1, 0.15) is 5.82 Å². The monoisotopic (exact) mass is 350 g/mol. The summed E-state index contributed by atoms with van der Waals surface area (Å²) in [5, 5.41) is 6.87. The molecule has 1 saturated heterocycles. The number of nitrogens with two attached hydrogens (primary N) is 1. The van der Waals surface area contributed by atoms with Crippen LogP contribution in [0.3, 0.4) is 0 Å². The molecule has 1 aliphatic heterocycles. The zero-order chi connectivity index (χ0) is 16.0. The van der Waals surface area contributed by atoms with Gasteiger partial charge in [0.15, 0.2) is 0 Å². The molecule has 24 heavy (non-hydrogen) atoms. The largest absolute Gasteiger partial charge is 0.338 e. The Labute approximate surface area is 145 Å². The number of H-pyrrole nitrogens is 1. The third-order valence-corrected chi connectivity index (χ3v) is 5.20. The van der Waals surface area contributed by atoms with Gasteiger partial charge in [0.25, 0.3) is 5.91 Å². The first-order chi connectivity index (χ1) is 11.1. The Morgan fingerprint density at radius 1 is 1.25 bits per heavy atom. The number of benzene rings is 1. The van der Waals surface area contributed by atoms with Gasteiger partial charge in [-0.1, -0.05) is 0 Å². The van der Waals surface area contributed by atoms with Crippen molar-refractivity contribution in [2.24, 2.45) is 17.6 Å². The molecular formula is C17H20ClFN4O. The fourth-order valence-corrected chi connectivity index (χ4v) is 3.93. The topological polar surface area (TPSA) is 75.0 Å². The number of likely N-dealkylation sites (tertiary alicyclic amines) is 1. The van der Waals surface area contributed by atoms with Gasteiger partial charge < -0.3 is 10.6 Å². The van der Waals surface area contributed by atoms with Crippen LogP contribution in [-0.2, 0) is 0 Å². The van der Waals surface area contributed by atoms with E-state index in [-0.39, 0.29) is 30.2 Å². The average Bonchev–Trinajstić information content (AvgIpc) is 3.25. The highest BCUT2D eigenvalue weighted by Crippen LogP contribution is 2.38. The number of aromatic nitrogens is 2. The number of rotatable bonds is 2. The fourth-order valence-electron chi connectivity index (χ4n) is 3.93. The van der Waals surface area contributed by atoms with Crippen LogP contribution in [0.2, 0.25) is 0 Å². The van der Waals surface area contributed by atoms with Crippen LogP contribution < -0.4 is 5.73 Å². The molecule has 0 radical (unpaired) electrons. The van der Waals surface area contributed by atoms with E-state index >= 15 is 0 Å². The Kier molecular flexibility index (Phi) is 4.60. The van der Waals surface area contributed by atoms with E-state index in [2.05, 4.69) is 10.2 Å². The van der Waals surface area contributed by atoms with Crippen molar-refractivity contribution >= 4 is 18.3 Å². The van der Waals surface area contributed by atoms with Crippen molar-refractivity contribution in [2.45, 2.75) is 18.9 Å². The molecule has 2 heterocycles. The number of nitrogens with one attached hydrogen (secondary N) is 1. The van der Waals surface area contributed by atoms with Gasteiger partial charge in [-0.2, -0.15) is 5.10 Å². The third-order valence-electron chi connectivity index (χ3n) is 5.20. The van der Waals surface area contributed by atoms with Crippen molar-refractivity contribution in [3.63, 3.8) is 0 Å². The fraction of sp³-hybridized carbons (Fsp3) is 0.412. The minimum atomic E-state index is -0.303. The van der Waals surface area contributed by atoms with Gasteiger partial charge in [-0.3, -0.25) is 9.89 Å². The first-order valence-electron chi connectivity index (χ1n) is 7.97. The molecule has 4 rings (SSSR count). The standard InChI is InChI=1S/C17H19FN4O.ClH/c18-12-4-1-10(2-5-12)16-13(7-20-21-16)17(23)22-8-11-3-6-15(19)14(11)9-22;/h1-2,4-5,7,11,14-15H,3,6,8-9,19H2,(H,20,21);1H. The lowest BCUT2D eigenvalue weighted by Gasteiger charge is -2.18.